The van der Waals surface area contributed by atoms with Crippen molar-refractivity contribution in [3.05, 3.63) is 24.3 Å². The summed E-state index contributed by atoms with van der Waals surface area (Å²) in [6, 6.07) is 7.45. The maximum atomic E-state index is 11.9. The molecule has 1 amide bonds. The van der Waals surface area contributed by atoms with E-state index in [1.807, 2.05) is 24.5 Å². The third-order valence-corrected chi connectivity index (χ3v) is 3.62. The molecule has 5 heteroatoms. The second-order valence-electron chi connectivity index (χ2n) is 4.14. The van der Waals surface area contributed by atoms with Gasteiger partial charge in [0.15, 0.2) is 0 Å². The zero-order chi connectivity index (χ0) is 13.7. The lowest BCUT2D eigenvalue weighted by molar-refractivity contribution is -0.145. The first kappa shape index (κ1) is 14.6. The molecule has 0 heterocycles. The second kappa shape index (κ2) is 6.44. The Balaban J connectivity index is 2.72. The first-order valence-electron chi connectivity index (χ1n) is 5.63. The van der Waals surface area contributed by atoms with Crippen molar-refractivity contribution < 1.29 is 14.7 Å². The Morgan fingerprint density at radius 1 is 1.28 bits per heavy atom. The lowest BCUT2D eigenvalue weighted by Crippen LogP contribution is -2.29. The van der Waals surface area contributed by atoms with E-state index in [9.17, 15) is 9.59 Å². The van der Waals surface area contributed by atoms with Gasteiger partial charge in [-0.25, -0.2) is 0 Å². The van der Waals surface area contributed by atoms with Gasteiger partial charge in [0.05, 0.1) is 5.92 Å². The zero-order valence-electron chi connectivity index (χ0n) is 10.6. The molecule has 0 aliphatic rings. The third-order valence-electron chi connectivity index (χ3n) is 2.89. The van der Waals surface area contributed by atoms with Crippen molar-refractivity contribution in [3.8, 4) is 0 Å². The number of rotatable bonds is 5. The monoisotopic (exact) mass is 267 g/mol. The minimum absolute atomic E-state index is 0.275. The first-order chi connectivity index (χ1) is 8.45. The molecule has 0 fully saturated rings. The molecular weight excluding hydrogens is 250 g/mol. The molecule has 1 aromatic rings. The van der Waals surface area contributed by atoms with Gasteiger partial charge in [-0.3, -0.25) is 9.59 Å². The van der Waals surface area contributed by atoms with Crippen molar-refractivity contribution >= 4 is 29.3 Å². The average molecular weight is 267 g/mol. The van der Waals surface area contributed by atoms with Gasteiger partial charge >= 0.3 is 5.97 Å². The van der Waals surface area contributed by atoms with E-state index in [1.54, 1.807) is 24.8 Å². The van der Waals surface area contributed by atoms with Gasteiger partial charge in [-0.05, 0) is 24.5 Å². The van der Waals surface area contributed by atoms with Crippen LogP contribution in [0.15, 0.2) is 29.2 Å². The standard InChI is InChI=1S/C13H17NO3S/c1-8(9(2)13(16)17)12(15)14-10-5-4-6-11(7-10)18-3/h4-9H,1-3H3,(H,14,15)(H,16,17). The van der Waals surface area contributed by atoms with Crippen molar-refractivity contribution in [2.75, 3.05) is 11.6 Å². The van der Waals surface area contributed by atoms with Crippen molar-refractivity contribution in [1.29, 1.82) is 0 Å². The molecule has 1 aromatic carbocycles. The highest BCUT2D eigenvalue weighted by Crippen LogP contribution is 2.20. The lowest BCUT2D eigenvalue weighted by atomic mass is 9.95. The largest absolute Gasteiger partial charge is 0.481 e. The van der Waals surface area contributed by atoms with Crippen molar-refractivity contribution in [3.63, 3.8) is 0 Å². The number of amides is 1. The highest BCUT2D eigenvalue weighted by molar-refractivity contribution is 7.98. The van der Waals surface area contributed by atoms with Crippen LogP contribution in [0.1, 0.15) is 13.8 Å². The van der Waals surface area contributed by atoms with Crippen LogP contribution in [0, 0.1) is 11.8 Å². The molecule has 0 saturated carbocycles. The van der Waals surface area contributed by atoms with Crippen LogP contribution in [-0.4, -0.2) is 23.2 Å². The summed E-state index contributed by atoms with van der Waals surface area (Å²) in [5.41, 5.74) is 0.691. The molecule has 1 rings (SSSR count). The van der Waals surface area contributed by atoms with Crippen LogP contribution in [0.3, 0.4) is 0 Å². The van der Waals surface area contributed by atoms with Gasteiger partial charge in [0.25, 0.3) is 0 Å². The molecule has 2 unspecified atom stereocenters. The normalized spacial score (nSPS) is 13.7. The van der Waals surface area contributed by atoms with Crippen molar-refractivity contribution in [2.24, 2.45) is 11.8 Å². The van der Waals surface area contributed by atoms with Gasteiger partial charge < -0.3 is 10.4 Å². The topological polar surface area (TPSA) is 66.4 Å². The number of carboxylic acid groups (broad SMARTS) is 1. The highest BCUT2D eigenvalue weighted by atomic mass is 32.2. The quantitative estimate of drug-likeness (QED) is 0.805. The molecule has 0 aromatic heterocycles. The number of aliphatic carboxylic acids is 1. The predicted molar refractivity (Wildman–Crippen MR) is 72.8 cm³/mol. The van der Waals surface area contributed by atoms with Crippen LogP contribution >= 0.6 is 11.8 Å². The summed E-state index contributed by atoms with van der Waals surface area (Å²) in [6.45, 7) is 3.15. The Morgan fingerprint density at radius 3 is 2.50 bits per heavy atom. The Kier molecular flexibility index (Phi) is 5.22. The fourth-order valence-electron chi connectivity index (χ4n) is 1.40. The van der Waals surface area contributed by atoms with Gasteiger partial charge in [0.2, 0.25) is 5.91 Å². The van der Waals surface area contributed by atoms with E-state index in [2.05, 4.69) is 5.32 Å². The number of nitrogens with one attached hydrogen (secondary N) is 1. The number of benzene rings is 1. The molecule has 0 spiro atoms. The summed E-state index contributed by atoms with van der Waals surface area (Å²) in [5.74, 6) is -2.51. The Hall–Kier alpha value is -1.49. The summed E-state index contributed by atoms with van der Waals surface area (Å²) in [5, 5.41) is 11.6. The number of carboxylic acids is 1. The fourth-order valence-corrected chi connectivity index (χ4v) is 1.86. The number of carbonyl (C=O) groups excluding carboxylic acids is 1. The van der Waals surface area contributed by atoms with E-state index in [0.717, 1.165) is 4.90 Å². The second-order valence-corrected chi connectivity index (χ2v) is 5.02. The average Bonchev–Trinajstić information content (AvgIpc) is 2.36. The number of hydrogen-bond donors (Lipinski definition) is 2. The molecule has 2 N–H and O–H groups in total. The highest BCUT2D eigenvalue weighted by Gasteiger charge is 2.25. The SMILES string of the molecule is CSc1cccc(NC(=O)C(C)C(C)C(=O)O)c1. The van der Waals surface area contributed by atoms with E-state index in [1.165, 1.54) is 6.92 Å². The maximum absolute atomic E-state index is 11.9. The molecule has 0 aliphatic carbocycles. The molecule has 0 bridgehead atoms. The van der Waals surface area contributed by atoms with Crippen LogP contribution in [0.5, 0.6) is 0 Å². The van der Waals surface area contributed by atoms with E-state index >= 15 is 0 Å². The molecule has 98 valence electrons. The van der Waals surface area contributed by atoms with E-state index < -0.39 is 17.8 Å². The van der Waals surface area contributed by atoms with Crippen LogP contribution in [0.2, 0.25) is 0 Å². The molecule has 4 nitrogen and oxygen atoms in total. The predicted octanol–water partition coefficient (Wildman–Crippen LogP) is 2.70. The van der Waals surface area contributed by atoms with Gasteiger partial charge in [-0.15, -0.1) is 11.8 Å². The van der Waals surface area contributed by atoms with E-state index in [4.69, 9.17) is 5.11 Å². The smallest absolute Gasteiger partial charge is 0.307 e. The minimum atomic E-state index is -0.962. The van der Waals surface area contributed by atoms with Gasteiger partial charge in [-0.1, -0.05) is 19.9 Å². The summed E-state index contributed by atoms with van der Waals surface area (Å²) >= 11 is 1.58. The number of hydrogen-bond acceptors (Lipinski definition) is 3. The molecule has 2 atom stereocenters. The zero-order valence-corrected chi connectivity index (χ0v) is 11.5. The Labute approximate surface area is 111 Å². The molecule has 0 saturated heterocycles. The number of thioether (sulfide) groups is 1. The Bertz CT molecular complexity index is 448. The van der Waals surface area contributed by atoms with Crippen molar-refractivity contribution in [1.82, 2.24) is 0 Å². The van der Waals surface area contributed by atoms with Gasteiger partial charge in [0, 0.05) is 16.5 Å². The summed E-state index contributed by atoms with van der Waals surface area (Å²) in [4.78, 5) is 23.7. The first-order valence-corrected chi connectivity index (χ1v) is 6.86. The van der Waals surface area contributed by atoms with Crippen LogP contribution in [0.4, 0.5) is 5.69 Å². The molecule has 18 heavy (non-hydrogen) atoms. The number of carbonyl (C=O) groups is 2. The van der Waals surface area contributed by atoms with Crippen LogP contribution in [-0.2, 0) is 9.59 Å². The van der Waals surface area contributed by atoms with Crippen LogP contribution < -0.4 is 5.32 Å². The summed E-state index contributed by atoms with van der Waals surface area (Å²) in [6.07, 6.45) is 1.95. The molecule has 0 radical (unpaired) electrons. The number of anilines is 1. The van der Waals surface area contributed by atoms with E-state index in [-0.39, 0.29) is 5.91 Å². The minimum Gasteiger partial charge on any atom is -0.481 e. The molecule has 0 aliphatic heterocycles. The van der Waals surface area contributed by atoms with Crippen LogP contribution in [0.25, 0.3) is 0 Å². The van der Waals surface area contributed by atoms with Gasteiger partial charge in [-0.2, -0.15) is 0 Å². The fraction of sp³-hybridized carbons (Fsp3) is 0.385. The lowest BCUT2D eigenvalue weighted by Gasteiger charge is -2.16. The maximum Gasteiger partial charge on any atom is 0.307 e. The molecular formula is C13H17NO3S. The third kappa shape index (κ3) is 3.77. The van der Waals surface area contributed by atoms with Crippen molar-refractivity contribution in [2.45, 2.75) is 18.7 Å². The summed E-state index contributed by atoms with van der Waals surface area (Å²) in [7, 11) is 0. The van der Waals surface area contributed by atoms with Gasteiger partial charge in [0.1, 0.15) is 0 Å². The Morgan fingerprint density at radius 2 is 1.94 bits per heavy atom. The van der Waals surface area contributed by atoms with E-state index in [0.29, 0.717) is 5.69 Å². The summed E-state index contributed by atoms with van der Waals surface area (Å²) < 4.78 is 0.